The van der Waals surface area contributed by atoms with E-state index < -0.39 is 5.91 Å². The monoisotopic (exact) mass is 411 g/mol. The first-order valence-corrected chi connectivity index (χ1v) is 8.97. The summed E-state index contributed by atoms with van der Waals surface area (Å²) in [6, 6.07) is 17.7. The van der Waals surface area contributed by atoms with Crippen molar-refractivity contribution in [3.63, 3.8) is 0 Å². The molecule has 1 amide bonds. The number of benzene rings is 2. The minimum atomic E-state index is -0.561. The van der Waals surface area contributed by atoms with Crippen LogP contribution in [0.1, 0.15) is 5.69 Å². The fraction of sp³-hybridized carbons (Fsp3) is 0.0476. The van der Waals surface area contributed by atoms with E-state index in [2.05, 4.69) is 5.32 Å². The molecule has 0 saturated heterocycles. The van der Waals surface area contributed by atoms with Gasteiger partial charge in [0.1, 0.15) is 17.4 Å². The molecule has 0 saturated carbocycles. The summed E-state index contributed by atoms with van der Waals surface area (Å²) in [7, 11) is 1.60. The zero-order chi connectivity index (χ0) is 20.1. The van der Waals surface area contributed by atoms with Gasteiger partial charge in [0, 0.05) is 22.6 Å². The molecule has 0 aliphatic carbocycles. The summed E-state index contributed by atoms with van der Waals surface area (Å²) < 4.78 is 7.03. The average molecular weight is 412 g/mol. The molecule has 0 spiro atoms. The molecule has 140 valence electrons. The van der Waals surface area contributed by atoms with Gasteiger partial charge in [-0.15, -0.1) is 0 Å². The number of hydrogen-bond acceptors (Lipinski definition) is 3. The molecule has 3 rings (SSSR count). The first-order valence-electron chi connectivity index (χ1n) is 8.22. The molecule has 1 aromatic heterocycles. The number of carbonyl (C=O) groups is 1. The lowest BCUT2D eigenvalue weighted by molar-refractivity contribution is -0.112. The zero-order valence-corrected chi connectivity index (χ0v) is 16.3. The molecule has 5 nitrogen and oxygen atoms in total. The van der Waals surface area contributed by atoms with Gasteiger partial charge in [-0.25, -0.2) is 0 Å². The molecule has 0 aliphatic heterocycles. The highest BCUT2D eigenvalue weighted by Crippen LogP contribution is 2.26. The topological polar surface area (TPSA) is 67.0 Å². The lowest BCUT2D eigenvalue weighted by Gasteiger charge is -2.09. The van der Waals surface area contributed by atoms with Crippen molar-refractivity contribution in [2.75, 3.05) is 12.4 Å². The maximum Gasteiger partial charge on any atom is 0.266 e. The Hall–Kier alpha value is -3.20. The molecule has 0 fully saturated rings. The minimum Gasteiger partial charge on any atom is -0.497 e. The first-order chi connectivity index (χ1) is 13.5. The fourth-order valence-corrected chi connectivity index (χ4v) is 3.02. The third-order valence-corrected chi connectivity index (χ3v) is 4.52. The molecule has 0 atom stereocenters. The second-order valence-corrected chi connectivity index (χ2v) is 6.59. The molecule has 3 aromatic rings. The van der Waals surface area contributed by atoms with Gasteiger partial charge in [0.2, 0.25) is 0 Å². The lowest BCUT2D eigenvalue weighted by Crippen LogP contribution is -2.14. The number of hydrogen-bond donors (Lipinski definition) is 1. The Morgan fingerprint density at radius 3 is 2.57 bits per heavy atom. The number of nitrogens with one attached hydrogen (secondary N) is 1. The minimum absolute atomic E-state index is 0.0560. The van der Waals surface area contributed by atoms with Crippen LogP contribution in [0.2, 0.25) is 10.0 Å². The van der Waals surface area contributed by atoms with E-state index in [1.54, 1.807) is 19.2 Å². The van der Waals surface area contributed by atoms with Crippen molar-refractivity contribution < 1.29 is 9.53 Å². The van der Waals surface area contributed by atoms with E-state index in [0.29, 0.717) is 21.4 Å². The lowest BCUT2D eigenvalue weighted by atomic mass is 10.2. The molecule has 7 heteroatoms. The van der Waals surface area contributed by atoms with Gasteiger partial charge in [-0.1, -0.05) is 23.2 Å². The maximum absolute atomic E-state index is 12.5. The van der Waals surface area contributed by atoms with Crippen LogP contribution in [0.5, 0.6) is 5.75 Å². The van der Waals surface area contributed by atoms with E-state index in [0.717, 1.165) is 11.4 Å². The van der Waals surface area contributed by atoms with E-state index in [9.17, 15) is 10.1 Å². The highest BCUT2D eigenvalue weighted by molar-refractivity contribution is 6.36. The van der Waals surface area contributed by atoms with Crippen LogP contribution in [0, 0.1) is 11.3 Å². The molecule has 2 aromatic carbocycles. The summed E-state index contributed by atoms with van der Waals surface area (Å²) in [5.41, 5.74) is 1.87. The van der Waals surface area contributed by atoms with Crippen LogP contribution >= 0.6 is 23.2 Å². The predicted octanol–water partition coefficient (Wildman–Crippen LogP) is 5.34. The number of aromatic nitrogens is 1. The van der Waals surface area contributed by atoms with Crippen molar-refractivity contribution in [3.05, 3.63) is 82.1 Å². The Labute approximate surface area is 172 Å². The maximum atomic E-state index is 12.5. The van der Waals surface area contributed by atoms with E-state index in [4.69, 9.17) is 27.9 Å². The predicted molar refractivity (Wildman–Crippen MR) is 111 cm³/mol. The Balaban J connectivity index is 1.88. The van der Waals surface area contributed by atoms with Gasteiger partial charge < -0.3 is 14.6 Å². The zero-order valence-electron chi connectivity index (χ0n) is 14.8. The SMILES string of the molecule is COc1ccc(-n2cccc2/C=C(/C#N)C(=O)Nc2ccc(Cl)cc2Cl)cc1. The summed E-state index contributed by atoms with van der Waals surface area (Å²) in [4.78, 5) is 12.5. The molecular weight excluding hydrogens is 397 g/mol. The number of methoxy groups -OCH3 is 1. The van der Waals surface area contributed by atoms with Gasteiger partial charge in [-0.2, -0.15) is 5.26 Å². The summed E-state index contributed by atoms with van der Waals surface area (Å²) in [5, 5.41) is 12.8. The second-order valence-electron chi connectivity index (χ2n) is 5.75. The fourth-order valence-electron chi connectivity index (χ4n) is 2.57. The number of ether oxygens (including phenoxy) is 1. The Morgan fingerprint density at radius 2 is 1.93 bits per heavy atom. The van der Waals surface area contributed by atoms with Gasteiger partial charge >= 0.3 is 0 Å². The van der Waals surface area contributed by atoms with Crippen molar-refractivity contribution in [1.82, 2.24) is 4.57 Å². The van der Waals surface area contributed by atoms with Crippen molar-refractivity contribution in [3.8, 4) is 17.5 Å². The van der Waals surface area contributed by atoms with Crippen molar-refractivity contribution >= 4 is 40.9 Å². The van der Waals surface area contributed by atoms with Gasteiger partial charge in [0.25, 0.3) is 5.91 Å². The summed E-state index contributed by atoms with van der Waals surface area (Å²) in [6.07, 6.45) is 3.36. The van der Waals surface area contributed by atoms with Crippen LogP contribution in [-0.4, -0.2) is 17.6 Å². The summed E-state index contributed by atoms with van der Waals surface area (Å²) in [5.74, 6) is 0.180. The van der Waals surface area contributed by atoms with E-state index in [1.165, 1.54) is 12.1 Å². The third-order valence-electron chi connectivity index (χ3n) is 3.97. The Bertz CT molecular complexity index is 1080. The molecule has 28 heavy (non-hydrogen) atoms. The van der Waals surface area contributed by atoms with Gasteiger partial charge in [-0.05, 0) is 60.7 Å². The molecule has 0 bridgehead atoms. The normalized spacial score (nSPS) is 11.0. The molecule has 1 heterocycles. The largest absolute Gasteiger partial charge is 0.497 e. The average Bonchev–Trinajstić information content (AvgIpc) is 3.16. The molecule has 0 radical (unpaired) electrons. The van der Waals surface area contributed by atoms with Crippen LogP contribution in [0.4, 0.5) is 5.69 Å². The number of rotatable bonds is 5. The van der Waals surface area contributed by atoms with Crippen LogP contribution in [0.25, 0.3) is 11.8 Å². The van der Waals surface area contributed by atoms with E-state index >= 15 is 0 Å². The smallest absolute Gasteiger partial charge is 0.266 e. The number of nitrogens with zero attached hydrogens (tertiary/aromatic N) is 2. The number of nitriles is 1. The highest BCUT2D eigenvalue weighted by atomic mass is 35.5. The van der Waals surface area contributed by atoms with Gasteiger partial charge in [-0.3, -0.25) is 4.79 Å². The molecule has 0 aliphatic rings. The second kappa shape index (κ2) is 8.66. The van der Waals surface area contributed by atoms with Crippen LogP contribution in [-0.2, 0) is 4.79 Å². The Kier molecular flexibility index (Phi) is 6.05. The van der Waals surface area contributed by atoms with Crippen molar-refractivity contribution in [2.45, 2.75) is 0 Å². The summed E-state index contributed by atoms with van der Waals surface area (Å²) >= 11 is 11.9. The molecule has 1 N–H and O–H groups in total. The number of carbonyl (C=O) groups excluding carboxylic acids is 1. The van der Waals surface area contributed by atoms with E-state index in [-0.39, 0.29) is 5.57 Å². The quantitative estimate of drug-likeness (QED) is 0.455. The van der Waals surface area contributed by atoms with E-state index in [1.807, 2.05) is 53.2 Å². The van der Waals surface area contributed by atoms with Gasteiger partial charge in [0.15, 0.2) is 0 Å². The standard InChI is InChI=1S/C21H15Cl2N3O2/c1-28-18-7-5-16(6-8-18)26-10-2-3-17(26)11-14(13-24)21(27)25-20-9-4-15(22)12-19(20)23/h2-12H,1H3,(H,25,27)/b14-11-. The summed E-state index contributed by atoms with van der Waals surface area (Å²) in [6.45, 7) is 0. The molecular formula is C21H15Cl2N3O2. The van der Waals surface area contributed by atoms with Crippen molar-refractivity contribution in [1.29, 1.82) is 5.26 Å². The van der Waals surface area contributed by atoms with Gasteiger partial charge in [0.05, 0.1) is 17.8 Å². The van der Waals surface area contributed by atoms with Crippen LogP contribution in [0.3, 0.4) is 0 Å². The first kappa shape index (κ1) is 19.6. The molecule has 0 unspecified atom stereocenters. The van der Waals surface area contributed by atoms with Crippen LogP contribution in [0.15, 0.2) is 66.4 Å². The Morgan fingerprint density at radius 1 is 1.18 bits per heavy atom. The number of halogens is 2. The van der Waals surface area contributed by atoms with Crippen molar-refractivity contribution in [2.24, 2.45) is 0 Å². The third kappa shape index (κ3) is 4.37. The highest BCUT2D eigenvalue weighted by Gasteiger charge is 2.13. The number of anilines is 1. The van der Waals surface area contributed by atoms with Crippen LogP contribution < -0.4 is 10.1 Å². The number of amides is 1.